The number of amides is 1. The highest BCUT2D eigenvalue weighted by Gasteiger charge is 2.24. The lowest BCUT2D eigenvalue weighted by Gasteiger charge is -2.24. The predicted molar refractivity (Wildman–Crippen MR) is 137 cm³/mol. The van der Waals surface area contributed by atoms with Gasteiger partial charge in [-0.2, -0.15) is 0 Å². The van der Waals surface area contributed by atoms with E-state index >= 15 is 0 Å². The first-order chi connectivity index (χ1) is 17.0. The van der Waals surface area contributed by atoms with Crippen molar-refractivity contribution in [3.63, 3.8) is 0 Å². The van der Waals surface area contributed by atoms with E-state index in [1.807, 2.05) is 61.3 Å². The third-order valence-electron chi connectivity index (χ3n) is 6.16. The smallest absolute Gasteiger partial charge is 0.254 e. The summed E-state index contributed by atoms with van der Waals surface area (Å²) in [6.07, 6.45) is 2.66. The van der Waals surface area contributed by atoms with E-state index in [0.29, 0.717) is 43.5 Å². The largest absolute Gasteiger partial charge is 0.379 e. The van der Waals surface area contributed by atoms with E-state index in [0.717, 1.165) is 28.7 Å². The number of nitrogens with one attached hydrogen (secondary N) is 1. The summed E-state index contributed by atoms with van der Waals surface area (Å²) < 4.78 is 5.88. The van der Waals surface area contributed by atoms with Crippen molar-refractivity contribution in [2.24, 2.45) is 5.92 Å². The molecular weight excluding hydrogens is 438 g/mol. The number of nitrogens with zero attached hydrogens (tertiary/aromatic N) is 4. The van der Waals surface area contributed by atoms with Crippen molar-refractivity contribution in [2.75, 3.05) is 31.6 Å². The molecule has 3 heterocycles. The summed E-state index contributed by atoms with van der Waals surface area (Å²) in [5.41, 5.74) is 4.59. The van der Waals surface area contributed by atoms with Gasteiger partial charge in [0.05, 0.1) is 18.7 Å². The van der Waals surface area contributed by atoms with Gasteiger partial charge in [-0.1, -0.05) is 18.2 Å². The van der Waals surface area contributed by atoms with Crippen LogP contribution in [0.4, 0.5) is 11.5 Å². The van der Waals surface area contributed by atoms with Crippen LogP contribution < -0.4 is 5.32 Å². The van der Waals surface area contributed by atoms with Crippen molar-refractivity contribution < 1.29 is 9.53 Å². The third kappa shape index (κ3) is 5.63. The maximum absolute atomic E-state index is 13.4. The van der Waals surface area contributed by atoms with E-state index < -0.39 is 0 Å². The Morgan fingerprint density at radius 3 is 2.89 bits per heavy atom. The Bertz CT molecular complexity index is 1340. The second-order valence-corrected chi connectivity index (χ2v) is 9.07. The molecule has 0 spiro atoms. The number of pyridine rings is 1. The predicted octanol–water partition coefficient (Wildman–Crippen LogP) is 4.72. The topological polar surface area (TPSA) is 80.2 Å². The number of hydrogen-bond acceptors (Lipinski definition) is 6. The summed E-state index contributed by atoms with van der Waals surface area (Å²) in [6.45, 7) is 6.23. The van der Waals surface area contributed by atoms with Gasteiger partial charge in [-0.05, 0) is 62.2 Å². The number of hydrogen-bond donors (Lipinski definition) is 1. The molecule has 0 unspecified atom stereocenters. The number of fused-ring (bicyclic) bond motifs is 1. The second kappa shape index (κ2) is 10.2. The van der Waals surface area contributed by atoms with E-state index in [9.17, 15) is 4.79 Å². The maximum Gasteiger partial charge on any atom is 0.254 e. The van der Waals surface area contributed by atoms with Crippen molar-refractivity contribution in [1.29, 1.82) is 0 Å². The molecule has 1 saturated heterocycles. The van der Waals surface area contributed by atoms with Crippen LogP contribution in [0.3, 0.4) is 0 Å². The normalized spacial score (nSPS) is 16.2. The summed E-state index contributed by atoms with van der Waals surface area (Å²) >= 11 is 0. The van der Waals surface area contributed by atoms with Gasteiger partial charge in [0, 0.05) is 53.6 Å². The highest BCUT2D eigenvalue weighted by Crippen LogP contribution is 2.21. The first kappa shape index (κ1) is 22.9. The van der Waals surface area contributed by atoms with E-state index in [-0.39, 0.29) is 11.8 Å². The molecule has 0 radical (unpaired) electrons. The van der Waals surface area contributed by atoms with E-state index in [4.69, 9.17) is 4.74 Å². The minimum Gasteiger partial charge on any atom is -0.379 e. The minimum atomic E-state index is 0.0157. The van der Waals surface area contributed by atoms with Crippen LogP contribution in [-0.4, -0.2) is 52.1 Å². The highest BCUT2D eigenvalue weighted by atomic mass is 16.5. The molecule has 7 nitrogen and oxygen atoms in total. The lowest BCUT2D eigenvalue weighted by molar-refractivity contribution is 0.0737. The van der Waals surface area contributed by atoms with Crippen molar-refractivity contribution in [1.82, 2.24) is 19.9 Å². The van der Waals surface area contributed by atoms with E-state index in [1.165, 1.54) is 5.56 Å². The fraction of sp³-hybridized carbons (Fsp3) is 0.286. The molecule has 0 bridgehead atoms. The third-order valence-corrected chi connectivity index (χ3v) is 6.16. The Morgan fingerprint density at radius 1 is 1.09 bits per heavy atom. The molecule has 1 aliphatic heterocycles. The maximum atomic E-state index is 13.4. The van der Waals surface area contributed by atoms with Gasteiger partial charge >= 0.3 is 0 Å². The quantitative estimate of drug-likeness (QED) is 0.458. The molecule has 178 valence electrons. The van der Waals surface area contributed by atoms with Crippen molar-refractivity contribution in [3.8, 4) is 0 Å². The Balaban J connectivity index is 1.29. The van der Waals surface area contributed by atoms with Crippen LogP contribution in [0.5, 0.6) is 0 Å². The van der Waals surface area contributed by atoms with Crippen molar-refractivity contribution in [2.45, 2.75) is 20.3 Å². The number of ether oxygens (including phenoxy) is 1. The van der Waals surface area contributed by atoms with Crippen molar-refractivity contribution >= 4 is 28.3 Å². The number of anilines is 2. The number of aryl methyl sites for hydroxylation is 2. The fourth-order valence-corrected chi connectivity index (χ4v) is 4.62. The first-order valence-electron chi connectivity index (χ1n) is 11.9. The fourth-order valence-electron chi connectivity index (χ4n) is 4.62. The molecule has 0 aliphatic carbocycles. The zero-order valence-electron chi connectivity index (χ0n) is 20.1. The second-order valence-electron chi connectivity index (χ2n) is 9.07. The summed E-state index contributed by atoms with van der Waals surface area (Å²) in [7, 11) is 0. The monoisotopic (exact) mass is 467 g/mol. The Labute approximate surface area is 205 Å². The van der Waals surface area contributed by atoms with Crippen molar-refractivity contribution in [3.05, 3.63) is 89.5 Å². The van der Waals surface area contributed by atoms with Crippen LogP contribution in [-0.2, 0) is 11.2 Å². The molecular formula is C28H29N5O2. The van der Waals surface area contributed by atoms with Gasteiger partial charge in [-0.3, -0.25) is 9.78 Å². The SMILES string of the molecule is Cc1cc(Nc2cccc(C(=O)N3CCOC[C@@H](Cc4ccc5ncccc5c4)C3)c2)nc(C)n1. The zero-order chi connectivity index (χ0) is 24.2. The molecule has 1 fully saturated rings. The highest BCUT2D eigenvalue weighted by molar-refractivity contribution is 5.95. The van der Waals surface area contributed by atoms with Gasteiger partial charge < -0.3 is 15.0 Å². The number of rotatable bonds is 5. The molecule has 7 heteroatoms. The summed E-state index contributed by atoms with van der Waals surface area (Å²) in [5.74, 6) is 1.66. The first-order valence-corrected chi connectivity index (χ1v) is 11.9. The standard InChI is InChI=1S/C28H29N5O2/c1-19-13-27(31-20(2)30-19)32-25-7-3-5-24(16-25)28(34)33-11-12-35-18-22(17-33)14-21-8-9-26-23(15-21)6-4-10-29-26/h3-10,13,15-16,22H,11-12,14,17-18H2,1-2H3,(H,30,31,32)/t22-/m0/s1. The molecule has 1 aliphatic rings. The molecule has 2 aromatic heterocycles. The lowest BCUT2D eigenvalue weighted by Crippen LogP contribution is -2.36. The molecule has 0 saturated carbocycles. The average molecular weight is 468 g/mol. The van der Waals surface area contributed by atoms with Gasteiger partial charge in [0.15, 0.2) is 0 Å². The molecule has 1 amide bonds. The lowest BCUT2D eigenvalue weighted by atomic mass is 9.98. The van der Waals surface area contributed by atoms with E-state index in [2.05, 4.69) is 44.5 Å². The van der Waals surface area contributed by atoms with Crippen LogP contribution in [0, 0.1) is 19.8 Å². The van der Waals surface area contributed by atoms with Gasteiger partial charge in [0.1, 0.15) is 11.6 Å². The average Bonchev–Trinajstić information content (AvgIpc) is 3.08. The number of carbonyl (C=O) groups is 1. The van der Waals surface area contributed by atoms with Crippen LogP contribution in [0.2, 0.25) is 0 Å². The zero-order valence-corrected chi connectivity index (χ0v) is 20.1. The van der Waals surface area contributed by atoms with Crippen LogP contribution in [0.15, 0.2) is 66.9 Å². The Kier molecular flexibility index (Phi) is 6.68. The van der Waals surface area contributed by atoms with E-state index in [1.54, 1.807) is 0 Å². The van der Waals surface area contributed by atoms with Crippen LogP contribution in [0.1, 0.15) is 27.4 Å². The molecule has 2 aromatic carbocycles. The van der Waals surface area contributed by atoms with Gasteiger partial charge in [-0.25, -0.2) is 9.97 Å². The molecule has 5 rings (SSSR count). The Morgan fingerprint density at radius 2 is 2.00 bits per heavy atom. The number of benzene rings is 2. The van der Waals surface area contributed by atoms with Gasteiger partial charge in [0.2, 0.25) is 0 Å². The van der Waals surface area contributed by atoms with Gasteiger partial charge in [-0.15, -0.1) is 0 Å². The molecule has 1 atom stereocenters. The Hall–Kier alpha value is -3.84. The number of carbonyl (C=O) groups excluding carboxylic acids is 1. The molecule has 4 aromatic rings. The van der Waals surface area contributed by atoms with Gasteiger partial charge in [0.25, 0.3) is 5.91 Å². The summed E-state index contributed by atoms with van der Waals surface area (Å²) in [5, 5.41) is 4.43. The minimum absolute atomic E-state index is 0.0157. The summed E-state index contributed by atoms with van der Waals surface area (Å²) in [6, 6.07) is 19.9. The van der Waals surface area contributed by atoms with Crippen LogP contribution in [0.25, 0.3) is 10.9 Å². The van der Waals surface area contributed by atoms with Crippen LogP contribution >= 0.6 is 0 Å². The molecule has 1 N–H and O–H groups in total. The summed E-state index contributed by atoms with van der Waals surface area (Å²) in [4.78, 5) is 28.5. The molecule has 35 heavy (non-hydrogen) atoms. The number of aromatic nitrogens is 3.